The van der Waals surface area contributed by atoms with E-state index >= 15 is 0 Å². The first-order valence-electron chi connectivity index (χ1n) is 4.44. The van der Waals surface area contributed by atoms with Gasteiger partial charge in [-0.05, 0) is 30.2 Å². The second-order valence-electron chi connectivity index (χ2n) is 3.34. The number of aliphatic hydroxyl groups is 1. The van der Waals surface area contributed by atoms with Crippen molar-refractivity contribution in [2.45, 2.75) is 11.3 Å². The van der Waals surface area contributed by atoms with E-state index in [1.807, 2.05) is 0 Å². The molecular weight excluding hydrogens is 216 g/mol. The van der Waals surface area contributed by atoms with Gasteiger partial charge < -0.3 is 10.2 Å². The third-order valence-electron chi connectivity index (χ3n) is 2.29. The summed E-state index contributed by atoms with van der Waals surface area (Å²) in [6.45, 7) is -0.115. The quantitative estimate of drug-likeness (QED) is 0.785. The lowest BCUT2D eigenvalue weighted by molar-refractivity contribution is 0.305. The van der Waals surface area contributed by atoms with Gasteiger partial charge in [0.2, 0.25) is 9.84 Å². The molecule has 0 amide bonds. The van der Waals surface area contributed by atoms with Crippen molar-refractivity contribution in [2.75, 3.05) is 6.61 Å². The minimum atomic E-state index is -3.38. The smallest absolute Gasteiger partial charge is 0.200 e. The van der Waals surface area contributed by atoms with Crippen LogP contribution in [0, 0.1) is 0 Å². The maximum Gasteiger partial charge on any atom is 0.200 e. The first kappa shape index (κ1) is 10.2. The number of fused-ring (bicyclic) bond motifs is 1. The minimum Gasteiger partial charge on any atom is -0.508 e. The topological polar surface area (TPSA) is 74.6 Å². The first-order valence-corrected chi connectivity index (χ1v) is 5.99. The highest BCUT2D eigenvalue weighted by atomic mass is 32.2. The lowest BCUT2D eigenvalue weighted by Crippen LogP contribution is -1.92. The minimum absolute atomic E-state index is 0.0229. The van der Waals surface area contributed by atoms with Gasteiger partial charge >= 0.3 is 0 Å². The fourth-order valence-corrected chi connectivity index (χ4v) is 3.15. The van der Waals surface area contributed by atoms with E-state index in [9.17, 15) is 13.5 Å². The van der Waals surface area contributed by atoms with Crippen LogP contribution < -0.4 is 0 Å². The Bertz CT molecular complexity index is 528. The Morgan fingerprint density at radius 1 is 1.27 bits per heavy atom. The Labute approximate surface area is 87.4 Å². The molecule has 1 aliphatic heterocycles. The number of phenols is 1. The number of aromatic hydroxyl groups is 1. The number of hydrogen-bond donors (Lipinski definition) is 2. The number of benzene rings is 1. The van der Waals surface area contributed by atoms with Gasteiger partial charge in [0.05, 0.1) is 4.90 Å². The third kappa shape index (κ3) is 1.64. The SMILES string of the molecule is O=S1(=O)C=C(CCO)c2cc(O)ccc21. The Morgan fingerprint density at radius 3 is 2.67 bits per heavy atom. The monoisotopic (exact) mass is 226 g/mol. The maximum atomic E-state index is 11.6. The van der Waals surface area contributed by atoms with Crippen LogP contribution in [0.5, 0.6) is 5.75 Å². The van der Waals surface area contributed by atoms with Gasteiger partial charge in [-0.1, -0.05) is 0 Å². The van der Waals surface area contributed by atoms with Crippen molar-refractivity contribution in [3.05, 3.63) is 29.2 Å². The predicted molar refractivity (Wildman–Crippen MR) is 55.0 cm³/mol. The van der Waals surface area contributed by atoms with Crippen molar-refractivity contribution < 1.29 is 18.6 Å². The van der Waals surface area contributed by atoms with Gasteiger partial charge in [0, 0.05) is 17.6 Å². The number of sulfone groups is 1. The van der Waals surface area contributed by atoms with Crippen LogP contribution in [0.15, 0.2) is 28.5 Å². The molecule has 0 radical (unpaired) electrons. The molecule has 0 bridgehead atoms. The van der Waals surface area contributed by atoms with Crippen molar-refractivity contribution in [3.63, 3.8) is 0 Å². The zero-order valence-electron chi connectivity index (χ0n) is 7.84. The van der Waals surface area contributed by atoms with Crippen molar-refractivity contribution in [1.29, 1.82) is 0 Å². The van der Waals surface area contributed by atoms with Crippen LogP contribution in [-0.2, 0) is 9.84 Å². The molecule has 2 rings (SSSR count). The van der Waals surface area contributed by atoms with E-state index in [0.29, 0.717) is 11.1 Å². The standard InChI is InChI=1S/C10H10O4S/c11-4-3-7-6-15(13,14)10-2-1-8(12)5-9(7)10/h1-2,5-6,11-12H,3-4H2. The molecule has 1 aromatic carbocycles. The zero-order valence-corrected chi connectivity index (χ0v) is 8.66. The van der Waals surface area contributed by atoms with Crippen molar-refractivity contribution >= 4 is 15.4 Å². The molecule has 15 heavy (non-hydrogen) atoms. The van der Waals surface area contributed by atoms with Gasteiger partial charge in [0.1, 0.15) is 5.75 Å². The summed E-state index contributed by atoms with van der Waals surface area (Å²) in [6, 6.07) is 4.12. The summed E-state index contributed by atoms with van der Waals surface area (Å²) in [7, 11) is -3.38. The van der Waals surface area contributed by atoms with Gasteiger partial charge in [-0.2, -0.15) is 0 Å². The molecule has 80 valence electrons. The fraction of sp³-hybridized carbons (Fsp3) is 0.200. The number of aliphatic hydroxyl groups excluding tert-OH is 1. The first-order chi connectivity index (χ1) is 7.04. The lowest BCUT2D eigenvalue weighted by Gasteiger charge is -2.02. The highest BCUT2D eigenvalue weighted by Gasteiger charge is 2.26. The predicted octanol–water partition coefficient (Wildman–Crippen LogP) is 0.903. The van der Waals surface area contributed by atoms with Crippen molar-refractivity contribution in [1.82, 2.24) is 0 Å². The molecule has 0 fully saturated rings. The molecule has 0 aliphatic carbocycles. The van der Waals surface area contributed by atoms with E-state index < -0.39 is 9.84 Å². The Kier molecular flexibility index (Phi) is 2.28. The van der Waals surface area contributed by atoms with E-state index in [0.717, 1.165) is 5.41 Å². The summed E-state index contributed by atoms with van der Waals surface area (Å²) in [5.41, 5.74) is 1.03. The molecule has 1 aromatic rings. The second-order valence-corrected chi connectivity index (χ2v) is 5.11. The molecule has 0 saturated heterocycles. The maximum absolute atomic E-state index is 11.6. The Morgan fingerprint density at radius 2 is 2.00 bits per heavy atom. The summed E-state index contributed by atoms with van der Waals surface area (Å²) in [4.78, 5) is 0.198. The zero-order chi connectivity index (χ0) is 11.1. The summed E-state index contributed by atoms with van der Waals surface area (Å²) < 4.78 is 23.2. The van der Waals surface area contributed by atoms with Crippen LogP contribution >= 0.6 is 0 Å². The molecule has 2 N–H and O–H groups in total. The number of phenolic OH excluding ortho intramolecular Hbond substituents is 1. The average molecular weight is 226 g/mol. The molecule has 0 saturated carbocycles. The van der Waals surface area contributed by atoms with E-state index in [4.69, 9.17) is 5.11 Å². The molecule has 4 nitrogen and oxygen atoms in total. The molecule has 0 spiro atoms. The second kappa shape index (κ2) is 3.36. The van der Waals surface area contributed by atoms with Crippen LogP contribution in [0.3, 0.4) is 0 Å². The summed E-state index contributed by atoms with van der Waals surface area (Å²) in [5, 5.41) is 19.2. The van der Waals surface area contributed by atoms with E-state index in [2.05, 4.69) is 0 Å². The van der Waals surface area contributed by atoms with Gasteiger partial charge in [0.25, 0.3) is 0 Å². The highest BCUT2D eigenvalue weighted by molar-refractivity contribution is 7.95. The summed E-state index contributed by atoms with van der Waals surface area (Å²) in [6.07, 6.45) is 0.273. The number of hydrogen-bond acceptors (Lipinski definition) is 4. The lowest BCUT2D eigenvalue weighted by atomic mass is 10.1. The van der Waals surface area contributed by atoms with Crippen LogP contribution in [0.2, 0.25) is 0 Å². The van der Waals surface area contributed by atoms with E-state index in [-0.39, 0.29) is 23.7 Å². The third-order valence-corrected chi connectivity index (χ3v) is 3.86. The molecule has 1 heterocycles. The molecular formula is C10H10O4S. The van der Waals surface area contributed by atoms with Gasteiger partial charge in [-0.15, -0.1) is 0 Å². The summed E-state index contributed by atoms with van der Waals surface area (Å²) in [5.74, 6) is 0.0229. The molecule has 1 aliphatic rings. The molecule has 0 atom stereocenters. The molecule has 0 unspecified atom stereocenters. The van der Waals surface area contributed by atoms with Crippen LogP contribution in [0.4, 0.5) is 0 Å². The van der Waals surface area contributed by atoms with Crippen LogP contribution in [-0.4, -0.2) is 25.2 Å². The molecule has 5 heteroatoms. The number of rotatable bonds is 2. The van der Waals surface area contributed by atoms with E-state index in [1.54, 1.807) is 0 Å². The molecule has 0 aromatic heterocycles. The van der Waals surface area contributed by atoms with Crippen LogP contribution in [0.1, 0.15) is 12.0 Å². The Hall–Kier alpha value is -1.33. The van der Waals surface area contributed by atoms with Crippen LogP contribution in [0.25, 0.3) is 5.57 Å². The van der Waals surface area contributed by atoms with Gasteiger partial charge in [-0.3, -0.25) is 0 Å². The normalized spacial score (nSPS) is 17.3. The average Bonchev–Trinajstić information content (AvgIpc) is 2.39. The Balaban J connectivity index is 2.63. The fourth-order valence-electron chi connectivity index (χ4n) is 1.65. The summed E-state index contributed by atoms with van der Waals surface area (Å²) >= 11 is 0. The highest BCUT2D eigenvalue weighted by Crippen LogP contribution is 2.36. The van der Waals surface area contributed by atoms with Crippen molar-refractivity contribution in [3.8, 4) is 5.75 Å². The largest absolute Gasteiger partial charge is 0.508 e. The van der Waals surface area contributed by atoms with E-state index in [1.165, 1.54) is 18.2 Å². The van der Waals surface area contributed by atoms with Crippen molar-refractivity contribution in [2.24, 2.45) is 0 Å². The van der Waals surface area contributed by atoms with Gasteiger partial charge in [0.15, 0.2) is 0 Å². The van der Waals surface area contributed by atoms with Gasteiger partial charge in [-0.25, -0.2) is 8.42 Å².